The summed E-state index contributed by atoms with van der Waals surface area (Å²) in [6.45, 7) is 0. The summed E-state index contributed by atoms with van der Waals surface area (Å²) in [6, 6.07) is 7.03. The van der Waals surface area contributed by atoms with Gasteiger partial charge in [0, 0.05) is 11.8 Å². The van der Waals surface area contributed by atoms with Crippen molar-refractivity contribution in [3.8, 4) is 22.8 Å². The summed E-state index contributed by atoms with van der Waals surface area (Å²) in [5.41, 5.74) is 1.31. The van der Waals surface area contributed by atoms with Crippen LogP contribution in [0.15, 0.2) is 30.5 Å². The fourth-order valence-corrected chi connectivity index (χ4v) is 1.78. The van der Waals surface area contributed by atoms with E-state index in [9.17, 15) is 4.79 Å². The van der Waals surface area contributed by atoms with E-state index in [4.69, 9.17) is 14.6 Å². The molecule has 1 heterocycles. The van der Waals surface area contributed by atoms with Crippen LogP contribution < -0.4 is 9.47 Å². The minimum atomic E-state index is -0.972. The smallest absolute Gasteiger partial charge is 0.311 e. The van der Waals surface area contributed by atoms with E-state index in [0.29, 0.717) is 17.2 Å². The second-order valence-corrected chi connectivity index (χ2v) is 3.99. The molecule has 1 aromatic heterocycles. The number of hydrogen-bond donors (Lipinski definition) is 1. The van der Waals surface area contributed by atoms with Gasteiger partial charge in [-0.2, -0.15) is 0 Å². The third-order valence-corrected chi connectivity index (χ3v) is 2.70. The van der Waals surface area contributed by atoms with Crippen LogP contribution in [0.5, 0.6) is 11.5 Å². The molecular formula is C14H14N2O4. The molecule has 0 aliphatic rings. The van der Waals surface area contributed by atoms with Gasteiger partial charge in [-0.3, -0.25) is 4.79 Å². The molecule has 0 atom stereocenters. The highest BCUT2D eigenvalue weighted by atomic mass is 16.5. The van der Waals surface area contributed by atoms with Crippen LogP contribution in [-0.4, -0.2) is 35.3 Å². The summed E-state index contributed by atoms with van der Waals surface area (Å²) >= 11 is 0. The van der Waals surface area contributed by atoms with Gasteiger partial charge < -0.3 is 14.6 Å². The van der Waals surface area contributed by atoms with Crippen LogP contribution in [0.1, 0.15) is 5.82 Å². The van der Waals surface area contributed by atoms with E-state index >= 15 is 0 Å². The number of nitrogens with zero attached hydrogens (tertiary/aromatic N) is 2. The van der Waals surface area contributed by atoms with Crippen LogP contribution in [0.2, 0.25) is 0 Å². The molecule has 104 valence electrons. The van der Waals surface area contributed by atoms with Crippen LogP contribution in [-0.2, 0) is 11.2 Å². The van der Waals surface area contributed by atoms with Crippen LogP contribution in [0, 0.1) is 0 Å². The van der Waals surface area contributed by atoms with Gasteiger partial charge in [-0.25, -0.2) is 9.97 Å². The van der Waals surface area contributed by atoms with Crippen molar-refractivity contribution < 1.29 is 19.4 Å². The third-order valence-electron chi connectivity index (χ3n) is 2.70. The number of methoxy groups -OCH3 is 2. The van der Waals surface area contributed by atoms with Crippen molar-refractivity contribution in [3.63, 3.8) is 0 Å². The van der Waals surface area contributed by atoms with Crippen molar-refractivity contribution in [2.75, 3.05) is 14.2 Å². The normalized spacial score (nSPS) is 10.1. The molecule has 6 nitrogen and oxygen atoms in total. The first-order valence-electron chi connectivity index (χ1n) is 5.90. The molecule has 0 aliphatic heterocycles. The first kappa shape index (κ1) is 13.8. The van der Waals surface area contributed by atoms with E-state index in [-0.39, 0.29) is 12.2 Å². The summed E-state index contributed by atoms with van der Waals surface area (Å²) in [4.78, 5) is 18.9. The summed E-state index contributed by atoms with van der Waals surface area (Å²) in [6.07, 6.45) is 1.31. The maximum Gasteiger partial charge on any atom is 0.311 e. The number of aliphatic carboxylic acids is 1. The Kier molecular flexibility index (Phi) is 4.14. The van der Waals surface area contributed by atoms with E-state index in [1.54, 1.807) is 38.5 Å². The van der Waals surface area contributed by atoms with Crippen molar-refractivity contribution in [1.82, 2.24) is 9.97 Å². The van der Waals surface area contributed by atoms with E-state index in [2.05, 4.69) is 9.97 Å². The van der Waals surface area contributed by atoms with Gasteiger partial charge in [-0.05, 0) is 24.3 Å². The molecule has 0 radical (unpaired) electrons. The standard InChI is InChI=1S/C14H14N2O4/c1-19-9-3-4-12(20-2)10(7-9)11-5-6-15-13(16-11)8-14(17)18/h3-7H,8H2,1-2H3,(H,17,18). The molecule has 0 bridgehead atoms. The molecule has 0 saturated carbocycles. The molecule has 0 unspecified atom stereocenters. The topological polar surface area (TPSA) is 81.5 Å². The molecular weight excluding hydrogens is 260 g/mol. The molecule has 2 rings (SSSR count). The fraction of sp³-hybridized carbons (Fsp3) is 0.214. The van der Waals surface area contributed by atoms with E-state index in [1.165, 1.54) is 6.20 Å². The SMILES string of the molecule is COc1ccc(OC)c(-c2ccnc(CC(=O)O)n2)c1. The fourth-order valence-electron chi connectivity index (χ4n) is 1.78. The van der Waals surface area contributed by atoms with Gasteiger partial charge in [-0.15, -0.1) is 0 Å². The van der Waals surface area contributed by atoms with Crippen LogP contribution >= 0.6 is 0 Å². The monoisotopic (exact) mass is 274 g/mol. The number of hydrogen-bond acceptors (Lipinski definition) is 5. The van der Waals surface area contributed by atoms with Crippen molar-refractivity contribution >= 4 is 5.97 Å². The molecule has 2 aromatic rings. The maximum absolute atomic E-state index is 10.7. The lowest BCUT2D eigenvalue weighted by Crippen LogP contribution is -2.05. The molecule has 0 amide bonds. The van der Waals surface area contributed by atoms with E-state index in [1.807, 2.05) is 0 Å². The summed E-state index contributed by atoms with van der Waals surface area (Å²) in [7, 11) is 3.13. The first-order chi connectivity index (χ1) is 9.63. The van der Waals surface area contributed by atoms with Gasteiger partial charge in [0.05, 0.1) is 19.9 Å². The Hall–Kier alpha value is -2.63. The number of ether oxygens (including phenoxy) is 2. The number of carboxylic acid groups (broad SMARTS) is 1. The number of carboxylic acids is 1. The summed E-state index contributed by atoms with van der Waals surface area (Å²) < 4.78 is 10.5. The zero-order valence-corrected chi connectivity index (χ0v) is 11.2. The summed E-state index contributed by atoms with van der Waals surface area (Å²) in [5, 5.41) is 8.79. The highest BCUT2D eigenvalue weighted by Crippen LogP contribution is 2.32. The minimum Gasteiger partial charge on any atom is -0.497 e. The maximum atomic E-state index is 10.7. The minimum absolute atomic E-state index is 0.222. The lowest BCUT2D eigenvalue weighted by molar-refractivity contribution is -0.136. The van der Waals surface area contributed by atoms with Gasteiger partial charge in [0.1, 0.15) is 23.7 Å². The number of aromatic nitrogens is 2. The van der Waals surface area contributed by atoms with Gasteiger partial charge in [0.25, 0.3) is 0 Å². The molecule has 1 N–H and O–H groups in total. The van der Waals surface area contributed by atoms with Crippen molar-refractivity contribution in [3.05, 3.63) is 36.3 Å². The Morgan fingerprint density at radius 2 is 2.05 bits per heavy atom. The van der Waals surface area contributed by atoms with E-state index < -0.39 is 5.97 Å². The van der Waals surface area contributed by atoms with Crippen molar-refractivity contribution in [2.45, 2.75) is 6.42 Å². The molecule has 0 spiro atoms. The van der Waals surface area contributed by atoms with Crippen molar-refractivity contribution in [2.24, 2.45) is 0 Å². The zero-order chi connectivity index (χ0) is 14.5. The number of benzene rings is 1. The average Bonchev–Trinajstić information content (AvgIpc) is 2.46. The Morgan fingerprint density at radius 1 is 1.25 bits per heavy atom. The quantitative estimate of drug-likeness (QED) is 0.895. The lowest BCUT2D eigenvalue weighted by atomic mass is 10.1. The van der Waals surface area contributed by atoms with Gasteiger partial charge in [-0.1, -0.05) is 0 Å². The Balaban J connectivity index is 2.46. The lowest BCUT2D eigenvalue weighted by Gasteiger charge is -2.10. The van der Waals surface area contributed by atoms with E-state index in [0.717, 1.165) is 5.56 Å². The highest BCUT2D eigenvalue weighted by molar-refractivity contribution is 5.71. The van der Waals surface area contributed by atoms with Crippen LogP contribution in [0.3, 0.4) is 0 Å². The second kappa shape index (κ2) is 6.01. The molecule has 1 aromatic carbocycles. The average molecular weight is 274 g/mol. The van der Waals surface area contributed by atoms with Gasteiger partial charge in [0.15, 0.2) is 0 Å². The predicted molar refractivity (Wildman–Crippen MR) is 71.9 cm³/mol. The zero-order valence-electron chi connectivity index (χ0n) is 11.2. The van der Waals surface area contributed by atoms with Gasteiger partial charge >= 0.3 is 5.97 Å². The second-order valence-electron chi connectivity index (χ2n) is 3.99. The highest BCUT2D eigenvalue weighted by Gasteiger charge is 2.11. The predicted octanol–water partition coefficient (Wildman–Crippen LogP) is 1.79. The molecule has 0 saturated heterocycles. The number of rotatable bonds is 5. The van der Waals surface area contributed by atoms with Crippen LogP contribution in [0.4, 0.5) is 0 Å². The summed E-state index contributed by atoms with van der Waals surface area (Å²) in [5.74, 6) is 0.574. The number of carbonyl (C=O) groups is 1. The molecule has 20 heavy (non-hydrogen) atoms. The Bertz CT molecular complexity index is 628. The molecule has 0 fully saturated rings. The van der Waals surface area contributed by atoms with Gasteiger partial charge in [0.2, 0.25) is 0 Å². The molecule has 0 aliphatic carbocycles. The third kappa shape index (κ3) is 3.03. The Labute approximate surface area is 116 Å². The van der Waals surface area contributed by atoms with Crippen molar-refractivity contribution in [1.29, 1.82) is 0 Å². The largest absolute Gasteiger partial charge is 0.497 e. The van der Waals surface area contributed by atoms with Crippen LogP contribution in [0.25, 0.3) is 11.3 Å². The first-order valence-corrected chi connectivity index (χ1v) is 5.90. The Morgan fingerprint density at radius 3 is 2.70 bits per heavy atom. The molecule has 6 heteroatoms.